The summed E-state index contributed by atoms with van der Waals surface area (Å²) in [5, 5.41) is 0. The van der Waals surface area contributed by atoms with Crippen molar-refractivity contribution in [2.45, 2.75) is 49.2 Å². The van der Waals surface area contributed by atoms with Gasteiger partial charge in [0.15, 0.2) is 47.7 Å². The monoisotopic (exact) mass is 694 g/mol. The van der Waals surface area contributed by atoms with Gasteiger partial charge in [-0.05, 0) is 0 Å². The number of ether oxygens (including phenoxy) is 2. The SMILES string of the molecule is Nc1ncnc2c1ncn2[C@@H]1O[C@@H]2CO[P@@](=O)(S)O[C@@H]3C(CO[P@](=O)(S)O[C@H]2[C@@H]1F)O[C@@H](n1cnc2c(N)ncnc21)[C@H]3F. The third kappa shape index (κ3) is 5.25. The van der Waals surface area contributed by atoms with Gasteiger partial charge in [0.2, 0.25) is 0 Å². The minimum atomic E-state index is -4.39. The summed E-state index contributed by atoms with van der Waals surface area (Å²) in [6.07, 6.45) is -8.12. The van der Waals surface area contributed by atoms with Crippen LogP contribution in [-0.4, -0.2) is 89.0 Å². The summed E-state index contributed by atoms with van der Waals surface area (Å²) in [5.41, 5.74) is 12.3. The van der Waals surface area contributed by atoms with Crippen LogP contribution in [-0.2, 0) is 36.7 Å². The number of aromatic nitrogens is 8. The Bertz CT molecular complexity index is 1710. The summed E-state index contributed by atoms with van der Waals surface area (Å²) in [6.45, 7) is -10.1. The molecule has 7 heterocycles. The Morgan fingerprint density at radius 2 is 1.14 bits per heavy atom. The van der Waals surface area contributed by atoms with Crippen LogP contribution in [0.1, 0.15) is 12.5 Å². The second-order valence-corrected chi connectivity index (χ2v) is 15.6. The van der Waals surface area contributed by atoms with Crippen LogP contribution in [0, 0.1) is 0 Å². The van der Waals surface area contributed by atoms with Crippen LogP contribution >= 0.6 is 38.1 Å². The van der Waals surface area contributed by atoms with E-state index in [4.69, 9.17) is 39.0 Å². The number of rotatable bonds is 2. The Kier molecular flexibility index (Phi) is 7.59. The van der Waals surface area contributed by atoms with Gasteiger partial charge in [0.1, 0.15) is 48.1 Å². The molecule has 10 atom stereocenters. The predicted molar refractivity (Wildman–Crippen MR) is 152 cm³/mol. The number of anilines is 2. The highest BCUT2D eigenvalue weighted by atomic mass is 32.7. The molecule has 4 N–H and O–H groups in total. The molecule has 0 spiro atoms. The van der Waals surface area contributed by atoms with E-state index < -0.39 is 76.0 Å². The van der Waals surface area contributed by atoms with Gasteiger partial charge in [0.25, 0.3) is 0 Å². The first kappa shape index (κ1) is 30.2. The van der Waals surface area contributed by atoms with Crippen LogP contribution in [0.5, 0.6) is 0 Å². The van der Waals surface area contributed by atoms with Crippen LogP contribution in [0.3, 0.4) is 0 Å². The highest BCUT2D eigenvalue weighted by molar-refractivity contribution is 8.44. The number of nitrogens with zero attached hydrogens (tertiary/aromatic N) is 8. The Labute approximate surface area is 255 Å². The number of nitrogen functional groups attached to an aromatic ring is 2. The van der Waals surface area contributed by atoms with E-state index in [1.165, 1.54) is 21.8 Å². The molecule has 24 heteroatoms. The minimum Gasteiger partial charge on any atom is -0.382 e. The fourth-order valence-electron chi connectivity index (χ4n) is 5.17. The fourth-order valence-corrected chi connectivity index (χ4v) is 8.14. The number of fused-ring (bicyclic) bond motifs is 4. The van der Waals surface area contributed by atoms with Gasteiger partial charge < -0.3 is 20.9 Å². The third-order valence-corrected chi connectivity index (χ3v) is 10.4. The third-order valence-electron chi connectivity index (χ3n) is 7.17. The number of hydrogen-bond donors (Lipinski definition) is 4. The molecule has 18 nitrogen and oxygen atoms in total. The average Bonchev–Trinajstić information content (AvgIpc) is 3.73. The molecule has 0 aromatic carbocycles. The van der Waals surface area contributed by atoms with Gasteiger partial charge in [-0.15, -0.1) is 0 Å². The van der Waals surface area contributed by atoms with Crippen LogP contribution in [0.4, 0.5) is 20.4 Å². The molecule has 0 saturated carbocycles. The molecular weight excluding hydrogens is 672 g/mol. The van der Waals surface area contributed by atoms with Crippen LogP contribution < -0.4 is 11.5 Å². The maximum atomic E-state index is 16.0. The van der Waals surface area contributed by atoms with Crippen LogP contribution in [0.25, 0.3) is 22.3 Å². The summed E-state index contributed by atoms with van der Waals surface area (Å²) < 4.78 is 94.5. The molecule has 236 valence electrons. The molecule has 7 rings (SSSR count). The van der Waals surface area contributed by atoms with Gasteiger partial charge in [0, 0.05) is 0 Å². The predicted octanol–water partition coefficient (Wildman–Crippen LogP) is 2.19. The molecule has 0 amide bonds. The molecule has 44 heavy (non-hydrogen) atoms. The van der Waals surface area contributed by atoms with E-state index in [2.05, 4.69) is 54.4 Å². The van der Waals surface area contributed by atoms with Crippen molar-refractivity contribution < 1.29 is 45.5 Å². The van der Waals surface area contributed by atoms with E-state index >= 15 is 8.78 Å². The van der Waals surface area contributed by atoms with Crippen molar-refractivity contribution in [3.05, 3.63) is 25.3 Å². The van der Waals surface area contributed by atoms with Gasteiger partial charge in [-0.1, -0.05) is 24.5 Å². The van der Waals surface area contributed by atoms with Gasteiger partial charge in [-0.3, -0.25) is 27.2 Å². The van der Waals surface area contributed by atoms with E-state index in [1.807, 2.05) is 0 Å². The van der Waals surface area contributed by atoms with E-state index in [-0.39, 0.29) is 34.0 Å². The van der Waals surface area contributed by atoms with Crippen LogP contribution in [0.15, 0.2) is 25.3 Å². The Hall–Kier alpha value is -2.52. The zero-order chi connectivity index (χ0) is 31.0. The number of thiol groups is 2. The van der Waals surface area contributed by atoms with Crippen molar-refractivity contribution in [2.24, 2.45) is 0 Å². The maximum Gasteiger partial charge on any atom is 0.386 e. The smallest absolute Gasteiger partial charge is 0.382 e. The van der Waals surface area contributed by atoms with E-state index in [9.17, 15) is 9.13 Å². The zero-order valence-electron chi connectivity index (χ0n) is 21.9. The number of halogens is 2. The van der Waals surface area contributed by atoms with Gasteiger partial charge >= 0.3 is 13.6 Å². The first-order chi connectivity index (χ1) is 20.9. The molecule has 1 unspecified atom stereocenters. The topological polar surface area (TPSA) is 229 Å². The second kappa shape index (κ2) is 11.1. The number of hydrogen-bond acceptors (Lipinski definition) is 16. The molecule has 0 bridgehead atoms. The molecule has 3 fully saturated rings. The average molecular weight is 695 g/mol. The molecule has 0 aliphatic carbocycles. The van der Waals surface area contributed by atoms with Crippen molar-refractivity contribution in [3.63, 3.8) is 0 Å². The molecular formula is C20H22F2N10O8P2S2. The van der Waals surface area contributed by atoms with Gasteiger partial charge in [-0.25, -0.2) is 47.8 Å². The quantitative estimate of drug-likeness (QED) is 0.174. The van der Waals surface area contributed by atoms with E-state index in [0.717, 1.165) is 12.7 Å². The summed E-state index contributed by atoms with van der Waals surface area (Å²) in [4.78, 5) is 24.0. The lowest BCUT2D eigenvalue weighted by molar-refractivity contribution is -0.0544. The summed E-state index contributed by atoms with van der Waals surface area (Å²) in [7, 11) is 0. The lowest BCUT2D eigenvalue weighted by Gasteiger charge is -2.28. The lowest BCUT2D eigenvalue weighted by Crippen LogP contribution is -2.36. The first-order valence-electron chi connectivity index (χ1n) is 12.7. The standard InChI is InChI=1S/C20H22F2N10O8P2S2/c21-9-13-7(37-19(9)31-5-29-11-15(23)25-3-27-17(11)31)1-35-41(33,43)40-14-8(2-36-42(34,44)39-13)38-20(10(14)22)32-6-30-12-16(24)26-4-28-18(12)32/h3-10,13-14,19-20H,1-2H2,(H,33,43)(H,34,44)(H2,23,25,27)(H2,24,26,28)/t7-,8?,9+,10+,13-,14-,19-,20-,41-,42+/m1/s1. The van der Waals surface area contributed by atoms with Gasteiger partial charge in [-0.2, -0.15) is 0 Å². The molecule has 3 saturated heterocycles. The maximum absolute atomic E-state index is 16.0. The van der Waals surface area contributed by atoms with E-state index in [1.54, 1.807) is 0 Å². The molecule has 3 aliphatic rings. The van der Waals surface area contributed by atoms with Crippen LogP contribution in [0.2, 0.25) is 0 Å². The second-order valence-electron chi connectivity index (χ2n) is 9.85. The summed E-state index contributed by atoms with van der Waals surface area (Å²) in [5.74, 6) is 0.101. The molecule has 3 aliphatic heterocycles. The van der Waals surface area contributed by atoms with Crippen molar-refractivity contribution in [3.8, 4) is 0 Å². The highest BCUT2D eigenvalue weighted by Gasteiger charge is 2.54. The highest BCUT2D eigenvalue weighted by Crippen LogP contribution is 2.60. The Morgan fingerprint density at radius 3 is 1.55 bits per heavy atom. The van der Waals surface area contributed by atoms with E-state index in [0.29, 0.717) is 0 Å². The lowest BCUT2D eigenvalue weighted by atomic mass is 10.1. The fraction of sp³-hybridized carbons (Fsp3) is 0.500. The van der Waals surface area contributed by atoms with Crippen molar-refractivity contribution in [2.75, 3.05) is 24.7 Å². The summed E-state index contributed by atoms with van der Waals surface area (Å²) >= 11 is 7.99. The molecule has 0 radical (unpaired) electrons. The first-order valence-corrected chi connectivity index (χ1v) is 18.1. The summed E-state index contributed by atoms with van der Waals surface area (Å²) in [6, 6.07) is 0. The largest absolute Gasteiger partial charge is 0.386 e. The van der Waals surface area contributed by atoms with Crippen molar-refractivity contribution in [1.82, 2.24) is 39.0 Å². The van der Waals surface area contributed by atoms with Gasteiger partial charge in [0.05, 0.1) is 25.9 Å². The molecule has 4 aromatic heterocycles. The zero-order valence-corrected chi connectivity index (χ0v) is 25.5. The van der Waals surface area contributed by atoms with Crippen molar-refractivity contribution in [1.29, 1.82) is 0 Å². The number of alkyl halides is 2. The molecule has 4 aromatic rings. The Balaban J connectivity index is 1.17. The number of nitrogens with two attached hydrogens (primary N) is 2. The Morgan fingerprint density at radius 1 is 0.727 bits per heavy atom. The van der Waals surface area contributed by atoms with Crippen molar-refractivity contribution >= 4 is 72.1 Å². The minimum absolute atomic E-state index is 0.0504. The normalized spacial score (nSPS) is 38.3. The number of imidazole rings is 2.